The Morgan fingerprint density at radius 2 is 1.40 bits per heavy atom. The first kappa shape index (κ1) is 21.2. The summed E-state index contributed by atoms with van der Waals surface area (Å²) in [5.74, 6) is 3.13. The lowest BCUT2D eigenvalue weighted by atomic mass is 10.1. The molecule has 0 unspecified atom stereocenters. The second kappa shape index (κ2) is 10.3. The Morgan fingerprint density at radius 1 is 0.867 bits per heavy atom. The molecular formula is C25H28N2O3. The molecule has 3 aromatic rings. The molecule has 0 atom stereocenters. The fourth-order valence-electron chi connectivity index (χ4n) is 3.23. The molecule has 0 amide bonds. The predicted molar refractivity (Wildman–Crippen MR) is 121 cm³/mol. The van der Waals surface area contributed by atoms with Crippen molar-refractivity contribution < 1.29 is 14.2 Å². The number of nitrogens with zero attached hydrogens (tertiary/aromatic N) is 2. The Labute approximate surface area is 178 Å². The van der Waals surface area contributed by atoms with Crippen LogP contribution >= 0.6 is 0 Å². The molecule has 0 spiro atoms. The van der Waals surface area contributed by atoms with Crippen LogP contribution in [0.5, 0.6) is 11.5 Å². The number of pyridine rings is 1. The fourth-order valence-corrected chi connectivity index (χ4v) is 3.23. The van der Waals surface area contributed by atoms with Crippen molar-refractivity contribution in [2.75, 3.05) is 25.7 Å². The molecule has 156 valence electrons. The number of ether oxygens (including phenoxy) is 3. The molecule has 0 radical (unpaired) electrons. The van der Waals surface area contributed by atoms with Crippen LogP contribution < -0.4 is 14.4 Å². The van der Waals surface area contributed by atoms with Crippen molar-refractivity contribution in [2.24, 2.45) is 0 Å². The van der Waals surface area contributed by atoms with Gasteiger partial charge in [-0.25, -0.2) is 4.98 Å². The summed E-state index contributed by atoms with van der Waals surface area (Å²) in [6, 6.07) is 20.1. The maximum Gasteiger partial charge on any atom is 0.140 e. The maximum absolute atomic E-state index is 5.69. The van der Waals surface area contributed by atoms with E-state index >= 15 is 0 Å². The first-order valence-corrected chi connectivity index (χ1v) is 9.92. The summed E-state index contributed by atoms with van der Waals surface area (Å²) in [7, 11) is 3.34. The molecule has 0 fully saturated rings. The Bertz CT molecular complexity index is 903. The van der Waals surface area contributed by atoms with Crippen LogP contribution in [0.25, 0.3) is 5.76 Å². The second-order valence-electron chi connectivity index (χ2n) is 6.78. The van der Waals surface area contributed by atoms with E-state index in [0.717, 1.165) is 34.0 Å². The van der Waals surface area contributed by atoms with Crippen molar-refractivity contribution in [3.63, 3.8) is 0 Å². The van der Waals surface area contributed by atoms with E-state index in [0.29, 0.717) is 25.5 Å². The van der Waals surface area contributed by atoms with Gasteiger partial charge in [-0.1, -0.05) is 30.8 Å². The minimum absolute atomic E-state index is 0.560. The molecule has 3 rings (SSSR count). The third kappa shape index (κ3) is 5.32. The summed E-state index contributed by atoms with van der Waals surface area (Å²) in [6.45, 7) is 7.97. The summed E-state index contributed by atoms with van der Waals surface area (Å²) in [4.78, 5) is 6.90. The Hall–Kier alpha value is -3.47. The molecule has 1 heterocycles. The normalized spacial score (nSPS) is 10.4. The quantitative estimate of drug-likeness (QED) is 0.428. The monoisotopic (exact) mass is 404 g/mol. The van der Waals surface area contributed by atoms with E-state index in [4.69, 9.17) is 14.2 Å². The van der Waals surface area contributed by atoms with Crippen molar-refractivity contribution >= 4 is 11.6 Å². The number of hydrogen-bond acceptors (Lipinski definition) is 5. The summed E-state index contributed by atoms with van der Waals surface area (Å²) >= 11 is 0. The highest BCUT2D eigenvalue weighted by Crippen LogP contribution is 2.28. The molecular weight excluding hydrogens is 376 g/mol. The SMILES string of the molecule is C=C(OCC)c1cccnc1N(Cc1ccc(OC)cc1)Cc1ccc(OC)cc1. The fraction of sp³-hybridized carbons (Fsp3) is 0.240. The molecule has 0 aliphatic carbocycles. The highest BCUT2D eigenvalue weighted by molar-refractivity contribution is 5.69. The van der Waals surface area contributed by atoms with E-state index in [1.165, 1.54) is 0 Å². The standard InChI is InChI=1S/C25H28N2O3/c1-5-30-19(2)24-7-6-16-26-25(24)27(17-20-8-12-22(28-3)13-9-20)18-21-10-14-23(29-4)15-11-21/h6-16H,2,5,17-18H2,1,3-4H3. The highest BCUT2D eigenvalue weighted by Gasteiger charge is 2.17. The molecule has 0 bridgehead atoms. The number of anilines is 1. The topological polar surface area (TPSA) is 43.8 Å². The number of aromatic nitrogens is 1. The van der Waals surface area contributed by atoms with Gasteiger partial charge in [-0.05, 0) is 54.4 Å². The number of rotatable bonds is 10. The van der Waals surface area contributed by atoms with Crippen LogP contribution in [0.4, 0.5) is 5.82 Å². The van der Waals surface area contributed by atoms with Crippen LogP contribution in [0, 0.1) is 0 Å². The Kier molecular flexibility index (Phi) is 7.33. The van der Waals surface area contributed by atoms with E-state index < -0.39 is 0 Å². The lowest BCUT2D eigenvalue weighted by Crippen LogP contribution is -2.24. The third-order valence-electron chi connectivity index (χ3n) is 4.77. The highest BCUT2D eigenvalue weighted by atomic mass is 16.5. The van der Waals surface area contributed by atoms with Gasteiger partial charge in [-0.2, -0.15) is 0 Å². The van der Waals surface area contributed by atoms with Gasteiger partial charge in [0.1, 0.15) is 23.1 Å². The number of benzene rings is 2. The van der Waals surface area contributed by atoms with Gasteiger partial charge in [0.25, 0.3) is 0 Å². The van der Waals surface area contributed by atoms with Crippen LogP contribution in [0.2, 0.25) is 0 Å². The average molecular weight is 405 g/mol. The minimum atomic E-state index is 0.560. The Balaban J connectivity index is 1.94. The van der Waals surface area contributed by atoms with Gasteiger partial charge in [-0.15, -0.1) is 0 Å². The molecule has 5 heteroatoms. The van der Waals surface area contributed by atoms with Gasteiger partial charge in [0.15, 0.2) is 0 Å². The lowest BCUT2D eigenvalue weighted by molar-refractivity contribution is 0.299. The van der Waals surface area contributed by atoms with E-state index in [1.54, 1.807) is 20.4 Å². The zero-order valence-electron chi connectivity index (χ0n) is 17.8. The average Bonchev–Trinajstić information content (AvgIpc) is 2.80. The summed E-state index contributed by atoms with van der Waals surface area (Å²) in [6.07, 6.45) is 1.80. The van der Waals surface area contributed by atoms with Crippen molar-refractivity contribution in [1.82, 2.24) is 4.98 Å². The van der Waals surface area contributed by atoms with Crippen molar-refractivity contribution in [2.45, 2.75) is 20.0 Å². The van der Waals surface area contributed by atoms with Gasteiger partial charge >= 0.3 is 0 Å². The molecule has 5 nitrogen and oxygen atoms in total. The zero-order chi connectivity index (χ0) is 21.3. The lowest BCUT2D eigenvalue weighted by Gasteiger charge is -2.27. The van der Waals surface area contributed by atoms with Gasteiger partial charge in [0.2, 0.25) is 0 Å². The van der Waals surface area contributed by atoms with Crippen LogP contribution in [-0.4, -0.2) is 25.8 Å². The summed E-state index contributed by atoms with van der Waals surface area (Å²) in [5, 5.41) is 0. The molecule has 0 saturated carbocycles. The third-order valence-corrected chi connectivity index (χ3v) is 4.77. The van der Waals surface area contributed by atoms with E-state index in [1.807, 2.05) is 43.3 Å². The summed E-state index contributed by atoms with van der Waals surface area (Å²) < 4.78 is 16.3. The van der Waals surface area contributed by atoms with E-state index in [-0.39, 0.29) is 0 Å². The molecule has 2 aromatic carbocycles. The number of methoxy groups -OCH3 is 2. The van der Waals surface area contributed by atoms with E-state index in [9.17, 15) is 0 Å². The van der Waals surface area contributed by atoms with Crippen molar-refractivity contribution in [3.8, 4) is 11.5 Å². The number of hydrogen-bond donors (Lipinski definition) is 0. The van der Waals surface area contributed by atoms with Crippen LogP contribution in [-0.2, 0) is 17.8 Å². The zero-order valence-corrected chi connectivity index (χ0v) is 17.8. The smallest absolute Gasteiger partial charge is 0.140 e. The molecule has 0 aliphatic heterocycles. The van der Waals surface area contributed by atoms with Gasteiger partial charge < -0.3 is 19.1 Å². The van der Waals surface area contributed by atoms with Gasteiger partial charge in [0.05, 0.1) is 26.4 Å². The minimum Gasteiger partial charge on any atom is -0.497 e. The molecule has 0 N–H and O–H groups in total. The largest absolute Gasteiger partial charge is 0.497 e. The molecule has 0 saturated heterocycles. The van der Waals surface area contributed by atoms with Gasteiger partial charge in [-0.3, -0.25) is 0 Å². The van der Waals surface area contributed by atoms with Gasteiger partial charge in [0, 0.05) is 19.3 Å². The maximum atomic E-state index is 5.69. The van der Waals surface area contributed by atoms with E-state index in [2.05, 4.69) is 40.7 Å². The van der Waals surface area contributed by atoms with Crippen LogP contribution in [0.15, 0.2) is 73.4 Å². The summed E-state index contributed by atoms with van der Waals surface area (Å²) in [5.41, 5.74) is 3.20. The first-order chi connectivity index (χ1) is 14.6. The van der Waals surface area contributed by atoms with Crippen molar-refractivity contribution in [3.05, 3.63) is 90.1 Å². The van der Waals surface area contributed by atoms with Crippen molar-refractivity contribution in [1.29, 1.82) is 0 Å². The first-order valence-electron chi connectivity index (χ1n) is 9.92. The second-order valence-corrected chi connectivity index (χ2v) is 6.78. The predicted octanol–water partition coefficient (Wildman–Crippen LogP) is 5.31. The Morgan fingerprint density at radius 3 is 1.87 bits per heavy atom. The van der Waals surface area contributed by atoms with Crippen LogP contribution in [0.3, 0.4) is 0 Å². The molecule has 1 aromatic heterocycles. The molecule has 0 aliphatic rings. The molecule has 30 heavy (non-hydrogen) atoms. The van der Waals surface area contributed by atoms with Crippen LogP contribution in [0.1, 0.15) is 23.6 Å².